The Balaban J connectivity index is 2.25. The lowest BCUT2D eigenvalue weighted by Gasteiger charge is -2.30. The van der Waals surface area contributed by atoms with Crippen LogP contribution in [0.3, 0.4) is 0 Å². The Morgan fingerprint density at radius 2 is 1.57 bits per heavy atom. The van der Waals surface area contributed by atoms with Crippen molar-refractivity contribution < 1.29 is 28.7 Å². The maximum absolute atomic E-state index is 13.6. The van der Waals surface area contributed by atoms with Gasteiger partial charge < -0.3 is 30.2 Å². The van der Waals surface area contributed by atoms with Crippen molar-refractivity contribution in [2.24, 2.45) is 5.92 Å². The third-order valence-electron chi connectivity index (χ3n) is 6.58. The van der Waals surface area contributed by atoms with E-state index in [9.17, 15) is 19.2 Å². The first-order chi connectivity index (χ1) is 19.2. The van der Waals surface area contributed by atoms with E-state index in [4.69, 9.17) is 9.47 Å². The van der Waals surface area contributed by atoms with Gasteiger partial charge in [-0.2, -0.15) is 0 Å². The SMILES string of the molecule is CCC[C@H](NC(=O)OCc1ccccc1)C(=O)N[C@H](C(=O)N[C@H](C=O)CC(C)C)C(CC)c1ccc(OC)cc1. The van der Waals surface area contributed by atoms with Crippen LogP contribution in [0.25, 0.3) is 0 Å². The zero-order valence-corrected chi connectivity index (χ0v) is 24.1. The van der Waals surface area contributed by atoms with Gasteiger partial charge in [-0.1, -0.05) is 76.6 Å². The van der Waals surface area contributed by atoms with E-state index in [0.29, 0.717) is 31.4 Å². The molecule has 0 spiro atoms. The number of alkyl carbamates (subject to hydrolysis) is 1. The van der Waals surface area contributed by atoms with E-state index in [-0.39, 0.29) is 12.5 Å². The quantitative estimate of drug-likeness (QED) is 0.263. The maximum Gasteiger partial charge on any atom is 0.408 e. The number of nitrogens with one attached hydrogen (secondary N) is 3. The number of carbonyl (C=O) groups is 4. The van der Waals surface area contributed by atoms with Crippen molar-refractivity contribution in [3.63, 3.8) is 0 Å². The van der Waals surface area contributed by atoms with Crippen molar-refractivity contribution >= 4 is 24.2 Å². The van der Waals surface area contributed by atoms with Gasteiger partial charge in [0.25, 0.3) is 0 Å². The summed E-state index contributed by atoms with van der Waals surface area (Å²) in [6.07, 6.45) is 1.97. The number of hydrogen-bond donors (Lipinski definition) is 3. The number of carbonyl (C=O) groups excluding carboxylic acids is 4. The lowest BCUT2D eigenvalue weighted by molar-refractivity contribution is -0.131. The fourth-order valence-electron chi connectivity index (χ4n) is 4.51. The summed E-state index contributed by atoms with van der Waals surface area (Å²) in [5, 5.41) is 8.32. The predicted molar refractivity (Wildman–Crippen MR) is 154 cm³/mol. The van der Waals surface area contributed by atoms with Crippen molar-refractivity contribution in [1.82, 2.24) is 16.0 Å². The van der Waals surface area contributed by atoms with Gasteiger partial charge in [-0.3, -0.25) is 9.59 Å². The van der Waals surface area contributed by atoms with Crippen molar-refractivity contribution in [3.05, 3.63) is 65.7 Å². The third-order valence-corrected chi connectivity index (χ3v) is 6.58. The second-order valence-electron chi connectivity index (χ2n) is 10.2. The standard InChI is InChI=1S/C31H43N3O6/c1-6-11-27(33-31(38)40-20-22-12-9-8-10-13-22)29(36)34-28(30(37)32-24(19-35)18-21(3)4)26(7-2)23-14-16-25(39-5)17-15-23/h8-10,12-17,19,21,24,26-28H,6-7,11,18,20H2,1-5H3,(H,32,37)(H,33,38)(H,34,36)/t24-,26?,27-,28-/m0/s1. The van der Waals surface area contributed by atoms with Crippen molar-refractivity contribution in [2.45, 2.75) is 84.0 Å². The van der Waals surface area contributed by atoms with E-state index in [1.165, 1.54) is 0 Å². The van der Waals surface area contributed by atoms with Crippen LogP contribution < -0.4 is 20.7 Å². The van der Waals surface area contributed by atoms with Crippen LogP contribution in [0.5, 0.6) is 5.75 Å². The molecule has 0 aromatic heterocycles. The molecule has 40 heavy (non-hydrogen) atoms. The summed E-state index contributed by atoms with van der Waals surface area (Å²) in [5.41, 5.74) is 1.65. The summed E-state index contributed by atoms with van der Waals surface area (Å²) in [6.45, 7) is 7.82. The van der Waals surface area contributed by atoms with E-state index in [2.05, 4.69) is 16.0 Å². The molecular weight excluding hydrogens is 510 g/mol. The van der Waals surface area contributed by atoms with Gasteiger partial charge in [0.05, 0.1) is 13.2 Å². The normalized spacial score (nSPS) is 13.8. The molecular formula is C31H43N3O6. The molecule has 3 N–H and O–H groups in total. The fourth-order valence-corrected chi connectivity index (χ4v) is 4.51. The molecule has 0 saturated carbocycles. The zero-order chi connectivity index (χ0) is 29.5. The Kier molecular flexibility index (Phi) is 13.7. The molecule has 218 valence electrons. The number of rotatable bonds is 16. The molecule has 0 fully saturated rings. The predicted octanol–water partition coefficient (Wildman–Crippen LogP) is 4.50. The Hall–Kier alpha value is -3.88. The molecule has 2 aromatic carbocycles. The van der Waals surface area contributed by atoms with Gasteiger partial charge in [0.1, 0.15) is 30.7 Å². The second-order valence-corrected chi connectivity index (χ2v) is 10.2. The van der Waals surface area contributed by atoms with Crippen molar-refractivity contribution in [2.75, 3.05) is 7.11 Å². The minimum atomic E-state index is -0.984. The summed E-state index contributed by atoms with van der Waals surface area (Å²) in [6, 6.07) is 14.0. The first-order valence-corrected chi connectivity index (χ1v) is 13.9. The summed E-state index contributed by atoms with van der Waals surface area (Å²) in [5.74, 6) is -0.503. The van der Waals surface area contributed by atoms with Crippen LogP contribution in [0.15, 0.2) is 54.6 Å². The van der Waals surface area contributed by atoms with E-state index in [1.54, 1.807) is 19.2 Å². The molecule has 0 saturated heterocycles. The lowest BCUT2D eigenvalue weighted by atomic mass is 9.87. The number of hydrogen-bond acceptors (Lipinski definition) is 6. The van der Waals surface area contributed by atoms with Crippen molar-refractivity contribution in [3.8, 4) is 5.75 Å². The Labute approximate surface area is 237 Å². The van der Waals surface area contributed by atoms with Gasteiger partial charge in [0.15, 0.2) is 0 Å². The van der Waals surface area contributed by atoms with Crippen LogP contribution in [0.2, 0.25) is 0 Å². The number of methoxy groups -OCH3 is 1. The molecule has 9 heteroatoms. The monoisotopic (exact) mass is 553 g/mol. The van der Waals surface area contributed by atoms with Gasteiger partial charge in [-0.05, 0) is 48.4 Å². The highest BCUT2D eigenvalue weighted by atomic mass is 16.5. The fraction of sp³-hybridized carbons (Fsp3) is 0.484. The smallest absolute Gasteiger partial charge is 0.408 e. The van der Waals surface area contributed by atoms with Crippen LogP contribution in [0.4, 0.5) is 4.79 Å². The highest BCUT2D eigenvalue weighted by molar-refractivity contribution is 5.92. The minimum absolute atomic E-state index is 0.0660. The largest absolute Gasteiger partial charge is 0.497 e. The molecule has 0 heterocycles. The number of amides is 3. The van der Waals surface area contributed by atoms with Gasteiger partial charge in [-0.15, -0.1) is 0 Å². The molecule has 3 amide bonds. The van der Waals surface area contributed by atoms with E-state index < -0.39 is 42.0 Å². The molecule has 0 radical (unpaired) electrons. The zero-order valence-electron chi connectivity index (χ0n) is 24.1. The number of aldehydes is 1. The molecule has 0 bridgehead atoms. The molecule has 1 unspecified atom stereocenters. The Morgan fingerprint density at radius 3 is 2.12 bits per heavy atom. The van der Waals surface area contributed by atoms with Crippen LogP contribution in [0, 0.1) is 5.92 Å². The summed E-state index contributed by atoms with van der Waals surface area (Å²) in [4.78, 5) is 51.3. The summed E-state index contributed by atoms with van der Waals surface area (Å²) in [7, 11) is 1.57. The molecule has 0 aliphatic carbocycles. The number of benzene rings is 2. The highest BCUT2D eigenvalue weighted by Crippen LogP contribution is 2.26. The van der Waals surface area contributed by atoms with E-state index in [1.807, 2.05) is 70.2 Å². The molecule has 0 aliphatic heterocycles. The van der Waals surface area contributed by atoms with Gasteiger partial charge in [-0.25, -0.2) is 4.79 Å². The Morgan fingerprint density at radius 1 is 0.900 bits per heavy atom. The lowest BCUT2D eigenvalue weighted by Crippen LogP contribution is -2.57. The maximum atomic E-state index is 13.6. The molecule has 4 atom stereocenters. The second kappa shape index (κ2) is 16.9. The summed E-state index contributed by atoms with van der Waals surface area (Å²) >= 11 is 0. The first kappa shape index (κ1) is 32.3. The summed E-state index contributed by atoms with van der Waals surface area (Å²) < 4.78 is 10.6. The number of ether oxygens (including phenoxy) is 2. The topological polar surface area (TPSA) is 123 Å². The van der Waals surface area contributed by atoms with E-state index in [0.717, 1.165) is 17.4 Å². The van der Waals surface area contributed by atoms with Gasteiger partial charge in [0, 0.05) is 5.92 Å². The average Bonchev–Trinajstić information content (AvgIpc) is 2.95. The Bertz CT molecular complexity index is 1070. The van der Waals surface area contributed by atoms with Crippen LogP contribution in [-0.2, 0) is 25.7 Å². The molecule has 2 rings (SSSR count). The van der Waals surface area contributed by atoms with Crippen LogP contribution in [0.1, 0.15) is 70.4 Å². The molecule has 9 nitrogen and oxygen atoms in total. The van der Waals surface area contributed by atoms with Crippen LogP contribution in [-0.4, -0.2) is 49.4 Å². The van der Waals surface area contributed by atoms with Crippen LogP contribution >= 0.6 is 0 Å². The molecule has 0 aliphatic rings. The highest BCUT2D eigenvalue weighted by Gasteiger charge is 2.33. The third kappa shape index (κ3) is 10.4. The average molecular weight is 554 g/mol. The minimum Gasteiger partial charge on any atom is -0.497 e. The van der Waals surface area contributed by atoms with Gasteiger partial charge >= 0.3 is 6.09 Å². The van der Waals surface area contributed by atoms with Crippen molar-refractivity contribution in [1.29, 1.82) is 0 Å². The molecule has 2 aromatic rings. The van der Waals surface area contributed by atoms with E-state index >= 15 is 0 Å². The first-order valence-electron chi connectivity index (χ1n) is 13.9. The van der Waals surface area contributed by atoms with Gasteiger partial charge in [0.2, 0.25) is 11.8 Å².